The summed E-state index contributed by atoms with van der Waals surface area (Å²) < 4.78 is 97.7. The lowest BCUT2D eigenvalue weighted by atomic mass is 9.89. The van der Waals surface area contributed by atoms with Crippen LogP contribution in [0.15, 0.2) is 43.0 Å². The van der Waals surface area contributed by atoms with E-state index in [-0.39, 0.29) is 53.6 Å². The van der Waals surface area contributed by atoms with Crippen LogP contribution in [0.25, 0.3) is 17.2 Å². The van der Waals surface area contributed by atoms with Crippen LogP contribution in [0.5, 0.6) is 5.75 Å². The molecular weight excluding hydrogens is 494 g/mol. The van der Waals surface area contributed by atoms with Crippen molar-refractivity contribution in [1.82, 2.24) is 0 Å². The molecule has 0 N–H and O–H groups in total. The van der Waals surface area contributed by atoms with Crippen LogP contribution in [-0.2, 0) is 11.2 Å². The Balaban J connectivity index is 1.41. The van der Waals surface area contributed by atoms with Crippen molar-refractivity contribution in [3.8, 4) is 16.9 Å². The molecule has 2 nitrogen and oxygen atoms in total. The quantitative estimate of drug-likeness (QED) is 0.278. The molecule has 0 spiro atoms. The maximum Gasteiger partial charge on any atom is 0.201 e. The largest absolute Gasteiger partial charge is 0.491 e. The van der Waals surface area contributed by atoms with Gasteiger partial charge in [0.15, 0.2) is 34.8 Å². The fraction of sp³-hybridized carbons (Fsp3) is 0.310. The number of rotatable bonds is 8. The van der Waals surface area contributed by atoms with Gasteiger partial charge in [-0.25, -0.2) is 22.0 Å². The number of aryl methyl sites for hydroxylation is 1. The van der Waals surface area contributed by atoms with Gasteiger partial charge < -0.3 is 9.47 Å². The first kappa shape index (κ1) is 26.8. The van der Waals surface area contributed by atoms with Gasteiger partial charge in [-0.1, -0.05) is 36.9 Å². The molecule has 0 bridgehead atoms. The Bertz CT molecular complexity index is 1300. The summed E-state index contributed by atoms with van der Waals surface area (Å²) in [5, 5.41) is 0. The van der Waals surface area contributed by atoms with Gasteiger partial charge in [-0.15, -0.1) is 0 Å². The summed E-state index contributed by atoms with van der Waals surface area (Å²) in [6, 6.07) is 7.84. The van der Waals surface area contributed by atoms with Crippen molar-refractivity contribution >= 4 is 6.08 Å². The number of halogens is 6. The fourth-order valence-corrected chi connectivity index (χ4v) is 4.62. The van der Waals surface area contributed by atoms with E-state index in [1.807, 2.05) is 0 Å². The Labute approximate surface area is 211 Å². The maximum absolute atomic E-state index is 14.8. The average Bonchev–Trinajstić information content (AvgIpc) is 2.90. The molecule has 1 aliphatic rings. The minimum atomic E-state index is -1.32. The zero-order chi connectivity index (χ0) is 26.7. The highest BCUT2D eigenvalue weighted by Gasteiger charge is 2.27. The molecule has 0 aromatic heterocycles. The highest BCUT2D eigenvalue weighted by atomic mass is 19.2. The molecule has 1 saturated heterocycles. The molecule has 1 aliphatic heterocycles. The van der Waals surface area contributed by atoms with E-state index < -0.39 is 46.6 Å². The molecule has 0 amide bonds. The normalized spacial score (nSPS) is 17.6. The molecule has 1 heterocycles. The first-order valence-electron chi connectivity index (χ1n) is 12.1. The topological polar surface area (TPSA) is 18.5 Å². The SMILES string of the molecule is C=Cc1ccc(C2CCC(CCc3ccc(-c4ccc(OCC)c(F)c4F)c(F)c3F)CO2)c(F)c1F. The van der Waals surface area contributed by atoms with Crippen LogP contribution in [-0.4, -0.2) is 13.2 Å². The van der Waals surface area contributed by atoms with Crippen LogP contribution < -0.4 is 4.74 Å². The van der Waals surface area contributed by atoms with Crippen molar-refractivity contribution in [2.75, 3.05) is 13.2 Å². The zero-order valence-corrected chi connectivity index (χ0v) is 20.2. The van der Waals surface area contributed by atoms with E-state index in [9.17, 15) is 26.3 Å². The van der Waals surface area contributed by atoms with E-state index in [1.54, 1.807) is 6.92 Å². The minimum Gasteiger partial charge on any atom is -0.491 e. The Hall–Kier alpha value is -3.26. The molecule has 3 aromatic rings. The second kappa shape index (κ2) is 11.4. The van der Waals surface area contributed by atoms with E-state index in [4.69, 9.17) is 9.47 Å². The lowest BCUT2D eigenvalue weighted by Gasteiger charge is -2.29. The van der Waals surface area contributed by atoms with Crippen LogP contribution in [0.4, 0.5) is 26.3 Å². The summed E-state index contributed by atoms with van der Waals surface area (Å²) in [6.07, 6.45) is 2.39. The predicted octanol–water partition coefficient (Wildman–Crippen LogP) is 8.33. The summed E-state index contributed by atoms with van der Waals surface area (Å²) in [5.74, 6) is -7.19. The van der Waals surface area contributed by atoms with Gasteiger partial charge in [0.2, 0.25) is 5.82 Å². The number of hydrogen-bond acceptors (Lipinski definition) is 2. The Morgan fingerprint density at radius 2 is 1.54 bits per heavy atom. The molecular formula is C29H26F6O2. The molecule has 0 saturated carbocycles. The molecule has 37 heavy (non-hydrogen) atoms. The van der Waals surface area contributed by atoms with Gasteiger partial charge in [0.1, 0.15) is 0 Å². The van der Waals surface area contributed by atoms with Gasteiger partial charge in [-0.05, 0) is 56.2 Å². The molecule has 8 heteroatoms. The van der Waals surface area contributed by atoms with Crippen LogP contribution >= 0.6 is 0 Å². The average molecular weight is 521 g/mol. The Morgan fingerprint density at radius 3 is 2.19 bits per heavy atom. The summed E-state index contributed by atoms with van der Waals surface area (Å²) in [7, 11) is 0. The first-order chi connectivity index (χ1) is 17.8. The number of ether oxygens (including phenoxy) is 2. The van der Waals surface area contributed by atoms with E-state index in [1.165, 1.54) is 36.4 Å². The number of hydrogen-bond donors (Lipinski definition) is 0. The molecule has 0 radical (unpaired) electrons. The third-order valence-electron chi connectivity index (χ3n) is 6.70. The summed E-state index contributed by atoms with van der Waals surface area (Å²) in [5.41, 5.74) is -0.473. The first-order valence-corrected chi connectivity index (χ1v) is 12.1. The van der Waals surface area contributed by atoms with Crippen LogP contribution in [0.3, 0.4) is 0 Å². The van der Waals surface area contributed by atoms with E-state index in [0.29, 0.717) is 19.3 Å². The maximum atomic E-state index is 14.8. The van der Waals surface area contributed by atoms with E-state index >= 15 is 0 Å². The standard InChI is InChI=1S/C29H26F6O2/c1-3-17-8-11-21(28(34)24(17)30)22-13-6-16(15-37-22)5-7-18-9-10-19(26(32)25(18)31)20-12-14-23(36-4-2)29(35)27(20)33/h3,8-12,14,16,22H,1,4-7,13,15H2,2H3. The third kappa shape index (κ3) is 5.39. The van der Waals surface area contributed by atoms with Gasteiger partial charge in [-0.3, -0.25) is 0 Å². The van der Waals surface area contributed by atoms with Crippen molar-refractivity contribution in [2.24, 2.45) is 5.92 Å². The predicted molar refractivity (Wildman–Crippen MR) is 129 cm³/mol. The summed E-state index contributed by atoms with van der Waals surface area (Å²) >= 11 is 0. The molecule has 2 atom stereocenters. The lowest BCUT2D eigenvalue weighted by molar-refractivity contribution is -0.0212. The van der Waals surface area contributed by atoms with Crippen molar-refractivity contribution in [2.45, 2.75) is 38.7 Å². The summed E-state index contributed by atoms with van der Waals surface area (Å²) in [4.78, 5) is 0. The van der Waals surface area contributed by atoms with E-state index in [0.717, 1.165) is 6.07 Å². The van der Waals surface area contributed by atoms with Crippen molar-refractivity contribution in [1.29, 1.82) is 0 Å². The second-order valence-electron chi connectivity index (χ2n) is 8.95. The van der Waals surface area contributed by atoms with Crippen molar-refractivity contribution in [3.05, 3.63) is 94.6 Å². The zero-order valence-electron chi connectivity index (χ0n) is 20.2. The minimum absolute atomic E-state index is 0.0106. The molecule has 2 unspecified atom stereocenters. The number of benzene rings is 3. The van der Waals surface area contributed by atoms with Crippen molar-refractivity contribution in [3.63, 3.8) is 0 Å². The smallest absolute Gasteiger partial charge is 0.201 e. The lowest BCUT2D eigenvalue weighted by Crippen LogP contribution is -2.22. The summed E-state index contributed by atoms with van der Waals surface area (Å²) in [6.45, 7) is 5.45. The van der Waals surface area contributed by atoms with Gasteiger partial charge in [0.25, 0.3) is 0 Å². The molecule has 0 aliphatic carbocycles. The molecule has 4 rings (SSSR count). The van der Waals surface area contributed by atoms with Gasteiger partial charge in [0.05, 0.1) is 19.3 Å². The highest BCUT2D eigenvalue weighted by molar-refractivity contribution is 5.66. The highest BCUT2D eigenvalue weighted by Crippen LogP contribution is 2.36. The monoisotopic (exact) mass is 520 g/mol. The Morgan fingerprint density at radius 1 is 0.838 bits per heavy atom. The fourth-order valence-electron chi connectivity index (χ4n) is 4.62. The molecule has 196 valence electrons. The van der Waals surface area contributed by atoms with Gasteiger partial charge >= 0.3 is 0 Å². The molecule has 1 fully saturated rings. The second-order valence-corrected chi connectivity index (χ2v) is 8.95. The van der Waals surface area contributed by atoms with Gasteiger partial charge in [0, 0.05) is 22.3 Å². The van der Waals surface area contributed by atoms with Crippen LogP contribution in [0, 0.1) is 40.8 Å². The van der Waals surface area contributed by atoms with Crippen LogP contribution in [0.2, 0.25) is 0 Å². The van der Waals surface area contributed by atoms with Crippen LogP contribution in [0.1, 0.15) is 49.0 Å². The van der Waals surface area contributed by atoms with Crippen molar-refractivity contribution < 1.29 is 35.8 Å². The molecule has 3 aromatic carbocycles. The Kier molecular flexibility index (Phi) is 8.27. The van der Waals surface area contributed by atoms with Gasteiger partial charge in [-0.2, -0.15) is 4.39 Å². The third-order valence-corrected chi connectivity index (χ3v) is 6.70. The van der Waals surface area contributed by atoms with E-state index in [2.05, 4.69) is 6.58 Å².